The van der Waals surface area contributed by atoms with Crippen LogP contribution in [-0.2, 0) is 0 Å². The van der Waals surface area contributed by atoms with Gasteiger partial charge in [0.25, 0.3) is 0 Å². The molecule has 1 aliphatic rings. The molecule has 0 aromatic carbocycles. The summed E-state index contributed by atoms with van der Waals surface area (Å²) in [6.45, 7) is 0.957. The second-order valence-corrected chi connectivity index (χ2v) is 5.88. The number of nitriles is 1. The van der Waals surface area contributed by atoms with Crippen molar-refractivity contribution in [3.63, 3.8) is 0 Å². The topological polar surface area (TPSA) is 56.0 Å². The van der Waals surface area contributed by atoms with Crippen LogP contribution in [0.4, 0.5) is 0 Å². The first kappa shape index (κ1) is 16.5. The highest BCUT2D eigenvalue weighted by Gasteiger charge is 2.28. The van der Waals surface area contributed by atoms with Crippen molar-refractivity contribution in [1.82, 2.24) is 5.32 Å². The van der Waals surface area contributed by atoms with Crippen molar-refractivity contribution >= 4 is 0 Å². The molecule has 1 aliphatic carbocycles. The highest BCUT2D eigenvalue weighted by atomic mass is 16.3. The molecule has 1 rings (SSSR count). The van der Waals surface area contributed by atoms with Crippen LogP contribution in [0.15, 0.2) is 0 Å². The molecular formula is C16H30N2O. The summed E-state index contributed by atoms with van der Waals surface area (Å²) in [5.41, 5.74) is -0.339. The van der Waals surface area contributed by atoms with Crippen LogP contribution >= 0.6 is 0 Å². The molecule has 0 amide bonds. The Kier molecular flexibility index (Phi) is 8.86. The van der Waals surface area contributed by atoms with Gasteiger partial charge in [-0.1, -0.05) is 57.8 Å². The number of hydrogen-bond donors (Lipinski definition) is 2. The van der Waals surface area contributed by atoms with Crippen LogP contribution in [0.1, 0.15) is 77.0 Å². The lowest BCUT2D eigenvalue weighted by atomic mass is 9.86. The molecule has 0 radical (unpaired) electrons. The maximum absolute atomic E-state index is 9.57. The normalized spacial score (nSPS) is 21.9. The fraction of sp³-hybridized carbons (Fsp3) is 0.938. The summed E-state index contributed by atoms with van der Waals surface area (Å²) < 4.78 is 0. The van der Waals surface area contributed by atoms with Gasteiger partial charge in [-0.15, -0.1) is 0 Å². The summed E-state index contributed by atoms with van der Waals surface area (Å²) in [5.74, 6) is 0. The van der Waals surface area contributed by atoms with Crippen LogP contribution < -0.4 is 5.32 Å². The van der Waals surface area contributed by atoms with Gasteiger partial charge in [0.15, 0.2) is 0 Å². The lowest BCUT2D eigenvalue weighted by molar-refractivity contribution is 0.268. The minimum Gasteiger partial charge on any atom is -0.396 e. The first-order valence-corrected chi connectivity index (χ1v) is 8.10. The number of aliphatic hydroxyl groups excluding tert-OH is 1. The Balaban J connectivity index is 2.48. The van der Waals surface area contributed by atoms with E-state index in [9.17, 15) is 5.26 Å². The Labute approximate surface area is 118 Å². The van der Waals surface area contributed by atoms with E-state index in [1.54, 1.807) is 0 Å². The minimum atomic E-state index is -0.339. The van der Waals surface area contributed by atoms with E-state index in [0.717, 1.165) is 38.6 Å². The average Bonchev–Trinajstić information content (AvgIpc) is 2.42. The fourth-order valence-corrected chi connectivity index (χ4v) is 2.95. The van der Waals surface area contributed by atoms with Gasteiger partial charge >= 0.3 is 0 Å². The van der Waals surface area contributed by atoms with Crippen molar-refractivity contribution in [2.75, 3.05) is 13.2 Å². The van der Waals surface area contributed by atoms with Crippen LogP contribution in [-0.4, -0.2) is 23.8 Å². The standard InChI is InChI=1S/C16H30N2O/c17-15-16(18-13-10-14-19)11-8-6-4-2-1-3-5-7-9-12-16/h18-19H,1-14H2. The maximum atomic E-state index is 9.57. The molecule has 0 aromatic heterocycles. The molecule has 0 bridgehead atoms. The molecular weight excluding hydrogens is 236 g/mol. The van der Waals surface area contributed by atoms with Crippen molar-refractivity contribution in [3.8, 4) is 6.07 Å². The SMILES string of the molecule is N#CC1(NCCCO)CCCCCCCCCCC1. The molecule has 0 unspecified atom stereocenters. The van der Waals surface area contributed by atoms with Gasteiger partial charge in [-0.3, -0.25) is 5.32 Å². The summed E-state index contributed by atoms with van der Waals surface area (Å²) >= 11 is 0. The smallest absolute Gasteiger partial charge is 0.106 e. The van der Waals surface area contributed by atoms with E-state index in [4.69, 9.17) is 5.11 Å². The highest BCUT2D eigenvalue weighted by Crippen LogP contribution is 2.24. The van der Waals surface area contributed by atoms with Gasteiger partial charge < -0.3 is 5.11 Å². The number of nitrogens with one attached hydrogen (secondary N) is 1. The van der Waals surface area contributed by atoms with Crippen molar-refractivity contribution < 1.29 is 5.11 Å². The second kappa shape index (κ2) is 10.2. The van der Waals surface area contributed by atoms with E-state index >= 15 is 0 Å². The van der Waals surface area contributed by atoms with Crippen LogP contribution in [0.25, 0.3) is 0 Å². The van der Waals surface area contributed by atoms with E-state index in [1.165, 1.54) is 44.9 Å². The van der Waals surface area contributed by atoms with Crippen molar-refractivity contribution in [1.29, 1.82) is 5.26 Å². The van der Waals surface area contributed by atoms with E-state index in [0.29, 0.717) is 0 Å². The van der Waals surface area contributed by atoms with Crippen molar-refractivity contribution in [2.24, 2.45) is 0 Å². The monoisotopic (exact) mass is 266 g/mol. The molecule has 3 nitrogen and oxygen atoms in total. The molecule has 0 spiro atoms. The van der Waals surface area contributed by atoms with E-state index < -0.39 is 0 Å². The van der Waals surface area contributed by atoms with E-state index in [-0.39, 0.29) is 12.1 Å². The Morgan fingerprint density at radius 3 is 1.79 bits per heavy atom. The predicted octanol–water partition coefficient (Wildman–Crippen LogP) is 3.53. The number of hydrogen-bond acceptors (Lipinski definition) is 3. The average molecular weight is 266 g/mol. The molecule has 0 atom stereocenters. The third-order valence-corrected chi connectivity index (χ3v) is 4.22. The Hall–Kier alpha value is -0.590. The Morgan fingerprint density at radius 1 is 0.895 bits per heavy atom. The Bertz CT molecular complexity index is 248. The molecule has 2 N–H and O–H groups in total. The van der Waals surface area contributed by atoms with Crippen LogP contribution in [0.3, 0.4) is 0 Å². The number of nitrogens with zero attached hydrogens (tertiary/aromatic N) is 1. The quantitative estimate of drug-likeness (QED) is 0.765. The van der Waals surface area contributed by atoms with Gasteiger partial charge in [-0.05, 0) is 25.8 Å². The van der Waals surface area contributed by atoms with Gasteiger partial charge in [0, 0.05) is 6.61 Å². The zero-order valence-corrected chi connectivity index (χ0v) is 12.3. The van der Waals surface area contributed by atoms with Crippen molar-refractivity contribution in [2.45, 2.75) is 82.6 Å². The molecule has 0 aliphatic heterocycles. The molecule has 0 aromatic rings. The zero-order valence-electron chi connectivity index (χ0n) is 12.3. The number of rotatable bonds is 4. The maximum Gasteiger partial charge on any atom is 0.106 e. The predicted molar refractivity (Wildman–Crippen MR) is 78.8 cm³/mol. The molecule has 0 saturated heterocycles. The minimum absolute atomic E-state index is 0.203. The molecule has 3 heteroatoms. The third kappa shape index (κ3) is 6.94. The lowest BCUT2D eigenvalue weighted by Crippen LogP contribution is -2.44. The van der Waals surface area contributed by atoms with E-state index in [1.807, 2.05) is 0 Å². The van der Waals surface area contributed by atoms with Crippen LogP contribution in [0.5, 0.6) is 0 Å². The summed E-state index contributed by atoms with van der Waals surface area (Å²) in [6.07, 6.45) is 14.2. The number of aliphatic hydroxyl groups is 1. The molecule has 110 valence electrons. The molecule has 1 fully saturated rings. The van der Waals surface area contributed by atoms with Gasteiger partial charge in [0.1, 0.15) is 5.54 Å². The summed E-state index contributed by atoms with van der Waals surface area (Å²) in [6, 6.07) is 2.54. The van der Waals surface area contributed by atoms with Crippen LogP contribution in [0.2, 0.25) is 0 Å². The fourth-order valence-electron chi connectivity index (χ4n) is 2.95. The van der Waals surface area contributed by atoms with Gasteiger partial charge in [0.05, 0.1) is 6.07 Å². The lowest BCUT2D eigenvalue weighted by Gasteiger charge is -2.28. The third-order valence-electron chi connectivity index (χ3n) is 4.22. The van der Waals surface area contributed by atoms with Crippen LogP contribution in [0, 0.1) is 11.3 Å². The summed E-state index contributed by atoms with van der Waals surface area (Å²) in [5, 5.41) is 21.9. The largest absolute Gasteiger partial charge is 0.396 e. The highest BCUT2D eigenvalue weighted by molar-refractivity contribution is 5.06. The van der Waals surface area contributed by atoms with Crippen molar-refractivity contribution in [3.05, 3.63) is 0 Å². The second-order valence-electron chi connectivity index (χ2n) is 5.88. The van der Waals surface area contributed by atoms with Gasteiger partial charge in [-0.2, -0.15) is 5.26 Å². The first-order chi connectivity index (χ1) is 9.33. The van der Waals surface area contributed by atoms with Gasteiger partial charge in [0.2, 0.25) is 0 Å². The molecule has 0 heterocycles. The molecule has 19 heavy (non-hydrogen) atoms. The summed E-state index contributed by atoms with van der Waals surface area (Å²) in [7, 11) is 0. The first-order valence-electron chi connectivity index (χ1n) is 8.10. The Morgan fingerprint density at radius 2 is 1.37 bits per heavy atom. The zero-order chi connectivity index (χ0) is 13.8. The van der Waals surface area contributed by atoms with Gasteiger partial charge in [-0.25, -0.2) is 0 Å². The summed E-state index contributed by atoms with van der Waals surface area (Å²) in [4.78, 5) is 0. The van der Waals surface area contributed by atoms with E-state index in [2.05, 4.69) is 11.4 Å². The molecule has 1 saturated carbocycles.